The van der Waals surface area contributed by atoms with Gasteiger partial charge in [0.15, 0.2) is 0 Å². The fraction of sp³-hybridized carbons (Fsp3) is 0.444. The van der Waals surface area contributed by atoms with Crippen LogP contribution in [0.15, 0.2) is 30.5 Å². The van der Waals surface area contributed by atoms with Crippen molar-refractivity contribution in [3.63, 3.8) is 0 Å². The van der Waals surface area contributed by atoms with Crippen LogP contribution in [0.4, 0.5) is 5.13 Å². The number of likely N-dealkylation sites (tertiary alicyclic amines) is 1. The molecule has 3 heterocycles. The number of piperidine rings is 1. The number of benzene rings is 1. The van der Waals surface area contributed by atoms with Crippen molar-refractivity contribution in [2.24, 2.45) is 0 Å². The maximum atomic E-state index is 4.55. The molecule has 3 aromatic rings. The fourth-order valence-corrected chi connectivity index (χ4v) is 4.12. The van der Waals surface area contributed by atoms with Gasteiger partial charge >= 0.3 is 0 Å². The highest BCUT2D eigenvalue weighted by molar-refractivity contribution is 7.20. The van der Waals surface area contributed by atoms with E-state index in [-0.39, 0.29) is 0 Å². The first-order valence-corrected chi connectivity index (χ1v) is 9.45. The molecule has 126 valence electrons. The Labute approximate surface area is 146 Å². The van der Waals surface area contributed by atoms with Crippen LogP contribution in [0.5, 0.6) is 0 Å². The number of hydrogen-bond acceptors (Lipinski definition) is 5. The lowest BCUT2D eigenvalue weighted by atomic mass is 10.1. The number of fused-ring (bicyclic) bond motifs is 1. The van der Waals surface area contributed by atoms with Crippen LogP contribution in [0.3, 0.4) is 0 Å². The SMILES string of the molecule is Cc1cn2nc(NCc3ccccc3CN3CCCCC3)sc2n1. The Hall–Kier alpha value is -1.92. The summed E-state index contributed by atoms with van der Waals surface area (Å²) in [7, 11) is 0. The first-order valence-electron chi connectivity index (χ1n) is 8.64. The third kappa shape index (κ3) is 3.44. The second kappa shape index (κ2) is 6.91. The quantitative estimate of drug-likeness (QED) is 0.769. The molecule has 6 heteroatoms. The summed E-state index contributed by atoms with van der Waals surface area (Å²) in [6, 6.07) is 8.73. The Morgan fingerprint density at radius 3 is 2.71 bits per heavy atom. The number of aryl methyl sites for hydroxylation is 1. The summed E-state index contributed by atoms with van der Waals surface area (Å²) in [6.45, 7) is 6.30. The highest BCUT2D eigenvalue weighted by Crippen LogP contribution is 2.21. The van der Waals surface area contributed by atoms with Gasteiger partial charge < -0.3 is 5.32 Å². The molecule has 0 saturated carbocycles. The summed E-state index contributed by atoms with van der Waals surface area (Å²) in [4.78, 5) is 7.97. The molecule has 1 aliphatic rings. The summed E-state index contributed by atoms with van der Waals surface area (Å²) in [6.07, 6.45) is 6.00. The van der Waals surface area contributed by atoms with Crippen LogP contribution in [0.25, 0.3) is 4.96 Å². The summed E-state index contributed by atoms with van der Waals surface area (Å²) >= 11 is 1.60. The number of aromatic nitrogens is 3. The highest BCUT2D eigenvalue weighted by Gasteiger charge is 2.13. The molecule has 0 atom stereocenters. The van der Waals surface area contributed by atoms with Crippen LogP contribution in [-0.4, -0.2) is 32.6 Å². The lowest BCUT2D eigenvalue weighted by Crippen LogP contribution is -2.29. The summed E-state index contributed by atoms with van der Waals surface area (Å²) < 4.78 is 1.85. The number of hydrogen-bond donors (Lipinski definition) is 1. The molecule has 0 aliphatic carbocycles. The zero-order valence-corrected chi connectivity index (χ0v) is 14.9. The number of nitrogens with zero attached hydrogens (tertiary/aromatic N) is 4. The summed E-state index contributed by atoms with van der Waals surface area (Å²) in [5.41, 5.74) is 3.78. The molecule has 1 saturated heterocycles. The minimum atomic E-state index is 0.805. The van der Waals surface area contributed by atoms with E-state index < -0.39 is 0 Å². The van der Waals surface area contributed by atoms with E-state index in [1.807, 2.05) is 17.6 Å². The summed E-state index contributed by atoms with van der Waals surface area (Å²) in [5, 5.41) is 8.93. The molecule has 0 unspecified atom stereocenters. The van der Waals surface area contributed by atoms with E-state index in [2.05, 4.69) is 44.6 Å². The van der Waals surface area contributed by atoms with Crippen molar-refractivity contribution in [3.8, 4) is 0 Å². The smallest absolute Gasteiger partial charge is 0.214 e. The van der Waals surface area contributed by atoms with Crippen molar-refractivity contribution >= 4 is 21.4 Å². The Kier molecular flexibility index (Phi) is 4.49. The topological polar surface area (TPSA) is 45.5 Å². The van der Waals surface area contributed by atoms with Gasteiger partial charge in [0.05, 0.1) is 11.9 Å². The van der Waals surface area contributed by atoms with Crippen LogP contribution in [-0.2, 0) is 13.1 Å². The average molecular weight is 341 g/mol. The van der Waals surface area contributed by atoms with Gasteiger partial charge in [-0.05, 0) is 44.0 Å². The van der Waals surface area contributed by atoms with Crippen molar-refractivity contribution in [3.05, 3.63) is 47.3 Å². The standard InChI is InChI=1S/C18H23N5S/c1-14-12-23-18(20-14)24-17(21-23)19-11-15-7-3-4-8-16(15)13-22-9-5-2-6-10-22/h3-4,7-8,12H,2,5-6,9-11,13H2,1H3,(H,19,21). The highest BCUT2D eigenvalue weighted by atomic mass is 32.1. The lowest BCUT2D eigenvalue weighted by molar-refractivity contribution is 0.220. The monoisotopic (exact) mass is 341 g/mol. The molecule has 1 fully saturated rings. The third-order valence-electron chi connectivity index (χ3n) is 4.55. The van der Waals surface area contributed by atoms with Crippen LogP contribution in [0.2, 0.25) is 0 Å². The minimum Gasteiger partial charge on any atom is -0.356 e. The van der Waals surface area contributed by atoms with E-state index in [9.17, 15) is 0 Å². The maximum Gasteiger partial charge on any atom is 0.214 e. The Bertz CT molecular complexity index is 784. The van der Waals surface area contributed by atoms with Crippen LogP contribution >= 0.6 is 11.3 Å². The molecule has 0 bridgehead atoms. The maximum absolute atomic E-state index is 4.55. The van der Waals surface area contributed by atoms with Gasteiger partial charge in [-0.2, -0.15) is 0 Å². The fourth-order valence-electron chi connectivity index (χ4n) is 3.29. The zero-order chi connectivity index (χ0) is 16.4. The van der Waals surface area contributed by atoms with E-state index in [1.54, 1.807) is 11.3 Å². The van der Waals surface area contributed by atoms with Crippen molar-refractivity contribution in [2.45, 2.75) is 39.3 Å². The van der Waals surface area contributed by atoms with Gasteiger partial charge in [0.2, 0.25) is 10.1 Å². The van der Waals surface area contributed by atoms with Crippen LogP contribution < -0.4 is 5.32 Å². The molecule has 1 aliphatic heterocycles. The molecule has 0 radical (unpaired) electrons. The average Bonchev–Trinajstić information content (AvgIpc) is 3.12. The molecular weight excluding hydrogens is 318 g/mol. The molecule has 1 aromatic carbocycles. The predicted octanol–water partition coefficient (Wildman–Crippen LogP) is 3.70. The van der Waals surface area contributed by atoms with Crippen molar-refractivity contribution in [1.82, 2.24) is 19.5 Å². The largest absolute Gasteiger partial charge is 0.356 e. The molecule has 4 rings (SSSR count). The summed E-state index contributed by atoms with van der Waals surface area (Å²) in [5.74, 6) is 0. The van der Waals surface area contributed by atoms with Gasteiger partial charge in [0.25, 0.3) is 0 Å². The second-order valence-corrected chi connectivity index (χ2v) is 7.43. The first-order chi connectivity index (χ1) is 11.8. The van der Waals surface area contributed by atoms with E-state index in [0.29, 0.717) is 0 Å². The van der Waals surface area contributed by atoms with Crippen molar-refractivity contribution in [1.29, 1.82) is 0 Å². The van der Waals surface area contributed by atoms with E-state index in [0.717, 1.165) is 28.9 Å². The van der Waals surface area contributed by atoms with Gasteiger partial charge in [-0.3, -0.25) is 4.90 Å². The minimum absolute atomic E-state index is 0.805. The van der Waals surface area contributed by atoms with Crippen LogP contribution in [0, 0.1) is 6.92 Å². The van der Waals surface area contributed by atoms with E-state index in [4.69, 9.17) is 0 Å². The second-order valence-electron chi connectivity index (χ2n) is 6.48. The molecule has 1 N–H and O–H groups in total. The Balaban J connectivity index is 1.44. The van der Waals surface area contributed by atoms with Crippen molar-refractivity contribution in [2.75, 3.05) is 18.4 Å². The molecule has 0 spiro atoms. The van der Waals surface area contributed by atoms with E-state index in [1.165, 1.54) is 43.5 Å². The number of nitrogens with one attached hydrogen (secondary N) is 1. The molecule has 24 heavy (non-hydrogen) atoms. The Morgan fingerprint density at radius 1 is 1.12 bits per heavy atom. The van der Waals surface area contributed by atoms with Crippen LogP contribution in [0.1, 0.15) is 36.1 Å². The number of imidazole rings is 1. The van der Waals surface area contributed by atoms with Gasteiger partial charge in [0.1, 0.15) is 0 Å². The predicted molar refractivity (Wildman–Crippen MR) is 98.5 cm³/mol. The normalized spacial score (nSPS) is 15.9. The lowest BCUT2D eigenvalue weighted by Gasteiger charge is -2.27. The third-order valence-corrected chi connectivity index (χ3v) is 5.43. The van der Waals surface area contributed by atoms with Gasteiger partial charge in [-0.25, -0.2) is 9.50 Å². The van der Waals surface area contributed by atoms with Gasteiger partial charge in [0, 0.05) is 13.1 Å². The molecule has 0 amide bonds. The Morgan fingerprint density at radius 2 is 1.92 bits per heavy atom. The van der Waals surface area contributed by atoms with Crippen molar-refractivity contribution < 1.29 is 0 Å². The number of rotatable bonds is 5. The molecular formula is C18H23N5S. The van der Waals surface area contributed by atoms with E-state index >= 15 is 0 Å². The molecule has 2 aromatic heterocycles. The zero-order valence-electron chi connectivity index (χ0n) is 14.0. The molecule has 5 nitrogen and oxygen atoms in total. The first kappa shape index (κ1) is 15.6. The number of anilines is 1. The van der Waals surface area contributed by atoms with Gasteiger partial charge in [-0.1, -0.05) is 42.0 Å². The van der Waals surface area contributed by atoms with Gasteiger partial charge in [-0.15, -0.1) is 5.10 Å².